The summed E-state index contributed by atoms with van der Waals surface area (Å²) in [6.07, 6.45) is 0. The van der Waals surface area contributed by atoms with Gasteiger partial charge in [-0.05, 0) is 0 Å². The molecule has 0 aliphatic carbocycles. The fourth-order valence-electron chi connectivity index (χ4n) is 0. The van der Waals surface area contributed by atoms with Crippen LogP contribution in [-0.4, -0.2) is 5.12 Å². The molecule has 0 aromatic rings. The van der Waals surface area contributed by atoms with Gasteiger partial charge in [0.1, 0.15) is 0 Å². The predicted molar refractivity (Wildman–Crippen MR) is 21.9 cm³/mol. The van der Waals surface area contributed by atoms with E-state index in [0.717, 1.165) is 0 Å². The number of hydrogen-bond donors (Lipinski definition) is 1. The van der Waals surface area contributed by atoms with Crippen molar-refractivity contribution in [3.05, 3.63) is 0 Å². The third-order valence-electron chi connectivity index (χ3n) is 0. The minimum absolute atomic E-state index is 0. The molecule has 0 bridgehead atoms. The van der Waals surface area contributed by atoms with Gasteiger partial charge >= 0.3 is 59.1 Å². The summed E-state index contributed by atoms with van der Waals surface area (Å²) in [6.45, 7) is 1.39. The molecule has 1 nitrogen and oxygen atoms in total. The van der Waals surface area contributed by atoms with Crippen molar-refractivity contribution >= 4 is 17.7 Å². The fourth-order valence-corrected chi connectivity index (χ4v) is 0. The van der Waals surface area contributed by atoms with Gasteiger partial charge in [-0.3, -0.25) is 4.79 Å². The molecule has 6 heavy (non-hydrogen) atoms. The Bertz CT molecular complexity index is 41.0. The summed E-state index contributed by atoms with van der Waals surface area (Å²) < 4.78 is 0. The van der Waals surface area contributed by atoms with E-state index >= 15 is 0 Å². The van der Waals surface area contributed by atoms with Crippen molar-refractivity contribution in [3.63, 3.8) is 0 Å². The van der Waals surface area contributed by atoms with E-state index in [-0.39, 0.29) is 67.1 Å². The van der Waals surface area contributed by atoms with Crippen LogP contribution in [0.4, 0.5) is 0 Å². The van der Waals surface area contributed by atoms with Gasteiger partial charge in [-0.15, -0.1) is 12.6 Å². The normalized spacial score (nSPS) is 4.33. The first-order valence-corrected chi connectivity index (χ1v) is 1.37. The number of carbonyl (C=O) groups excluding carboxylic acids is 1. The van der Waals surface area contributed by atoms with Gasteiger partial charge in [-0.25, -0.2) is 0 Å². The average Bonchev–Trinajstić information content (AvgIpc) is 0.811. The van der Waals surface area contributed by atoms with Gasteiger partial charge < -0.3 is 2.85 Å². The maximum atomic E-state index is 9.31. The Morgan fingerprint density at radius 1 is 1.67 bits per heavy atom. The maximum Gasteiger partial charge on any atom is 1.00 e. The number of hydrogen-bond acceptors (Lipinski definition) is 1. The largest absolute Gasteiger partial charge is 1.00 e. The summed E-state index contributed by atoms with van der Waals surface area (Å²) in [5.41, 5.74) is 0. The molecule has 0 aliphatic heterocycles. The molecule has 0 saturated carbocycles. The summed E-state index contributed by atoms with van der Waals surface area (Å²) >= 11 is 3.33. The molecular weight excluding hydrogens is 118 g/mol. The van der Waals surface area contributed by atoms with E-state index in [4.69, 9.17) is 0 Å². The Labute approximate surface area is 90.2 Å². The van der Waals surface area contributed by atoms with E-state index in [2.05, 4.69) is 12.6 Å². The van der Waals surface area contributed by atoms with Crippen molar-refractivity contribution in [2.24, 2.45) is 0 Å². The molecule has 0 aromatic heterocycles. The summed E-state index contributed by atoms with van der Waals surface area (Å²) in [4.78, 5) is 9.31. The monoisotopic (exact) mass is 124 g/mol. The molecule has 28 valence electrons. The van der Waals surface area contributed by atoms with Crippen LogP contribution in [0.5, 0.6) is 0 Å². The van der Waals surface area contributed by atoms with Crippen LogP contribution in [0.15, 0.2) is 0 Å². The van der Waals surface area contributed by atoms with E-state index in [1.165, 1.54) is 6.92 Å². The van der Waals surface area contributed by atoms with Crippen LogP contribution in [0.2, 0.25) is 0 Å². The van der Waals surface area contributed by atoms with Crippen molar-refractivity contribution < 1.29 is 66.8 Å². The predicted octanol–water partition coefficient (Wildman–Crippen LogP) is -5.30. The molecule has 0 unspecified atom stereocenters. The molecule has 0 fully saturated rings. The van der Waals surface area contributed by atoms with Gasteiger partial charge in [0.2, 0.25) is 0 Å². The maximum absolute atomic E-state index is 9.31. The third kappa shape index (κ3) is 37.2. The quantitative estimate of drug-likeness (QED) is 0.252. The molecule has 4 heteroatoms. The third-order valence-corrected chi connectivity index (χ3v) is 0. The summed E-state index contributed by atoms with van der Waals surface area (Å²) in [6, 6.07) is 0. The fraction of sp³-hybridized carbons (Fsp3) is 0.500. The van der Waals surface area contributed by atoms with Gasteiger partial charge in [0, 0.05) is 6.92 Å². The van der Waals surface area contributed by atoms with E-state index in [0.29, 0.717) is 0 Å². The van der Waals surface area contributed by atoms with Crippen molar-refractivity contribution in [3.8, 4) is 0 Å². The molecule has 0 heterocycles. The van der Waals surface area contributed by atoms with Crippen LogP contribution in [-0.2, 0) is 4.79 Å². The number of carbonyl (C=O) groups is 1. The van der Waals surface area contributed by atoms with Crippen LogP contribution < -0.4 is 59.1 Å². The number of rotatable bonds is 0. The average molecular weight is 124 g/mol. The van der Waals surface area contributed by atoms with Gasteiger partial charge in [0.25, 0.3) is 0 Å². The Kier molecular flexibility index (Phi) is 26.4. The second kappa shape index (κ2) is 10.1. The summed E-state index contributed by atoms with van der Waals surface area (Å²) in [5.74, 6) is 0. The first kappa shape index (κ1) is 15.7. The standard InChI is InChI=1S/C2H4OS.2Na.2H/c1-2(3)4;;;;/h1H3,(H,3,4);;;;/q;2*+1;2*-1. The molecular formula is C2H6Na2OS. The molecule has 0 saturated heterocycles. The van der Waals surface area contributed by atoms with Gasteiger partial charge in [-0.1, -0.05) is 0 Å². The smallest absolute Gasteiger partial charge is 1.00 e. The Morgan fingerprint density at radius 3 is 1.67 bits per heavy atom. The first-order valence-electron chi connectivity index (χ1n) is 0.928. The van der Waals surface area contributed by atoms with Crippen LogP contribution in [0.1, 0.15) is 9.78 Å². The zero-order valence-electron chi connectivity index (χ0n) is 6.36. The molecule has 0 amide bonds. The van der Waals surface area contributed by atoms with E-state index < -0.39 is 0 Å². The Balaban J connectivity index is -0.00000000750. The Hall–Kier alpha value is 2.02. The van der Waals surface area contributed by atoms with Crippen molar-refractivity contribution in [1.29, 1.82) is 0 Å². The second-order valence-corrected chi connectivity index (χ2v) is 1.15. The van der Waals surface area contributed by atoms with Gasteiger partial charge in [0.05, 0.1) is 0 Å². The zero-order valence-corrected chi connectivity index (χ0v) is 9.25. The van der Waals surface area contributed by atoms with Crippen molar-refractivity contribution in [1.82, 2.24) is 0 Å². The van der Waals surface area contributed by atoms with Crippen LogP contribution in [0.25, 0.3) is 0 Å². The molecule has 0 rings (SSSR count). The first-order chi connectivity index (χ1) is 1.73. The van der Waals surface area contributed by atoms with Gasteiger partial charge in [-0.2, -0.15) is 0 Å². The van der Waals surface area contributed by atoms with Crippen molar-refractivity contribution in [2.45, 2.75) is 6.92 Å². The van der Waals surface area contributed by atoms with Crippen LogP contribution in [0.3, 0.4) is 0 Å². The van der Waals surface area contributed by atoms with Crippen molar-refractivity contribution in [2.75, 3.05) is 0 Å². The molecule has 0 N–H and O–H groups in total. The minimum Gasteiger partial charge on any atom is -1.00 e. The molecule has 0 aliphatic rings. The topological polar surface area (TPSA) is 17.1 Å². The van der Waals surface area contributed by atoms with E-state index in [9.17, 15) is 4.79 Å². The van der Waals surface area contributed by atoms with Gasteiger partial charge in [0.15, 0.2) is 5.12 Å². The molecule has 0 spiro atoms. The SMILES string of the molecule is CC(=O)S.[H-].[H-].[Na+].[Na+]. The van der Waals surface area contributed by atoms with Crippen LogP contribution >= 0.6 is 12.6 Å². The molecule has 0 radical (unpaired) electrons. The molecule has 0 aromatic carbocycles. The minimum atomic E-state index is -0.139. The Morgan fingerprint density at radius 2 is 1.67 bits per heavy atom. The van der Waals surface area contributed by atoms with E-state index in [1.807, 2.05) is 0 Å². The second-order valence-electron chi connectivity index (χ2n) is 0.519. The molecule has 0 atom stereocenters. The zero-order chi connectivity index (χ0) is 3.58. The summed E-state index contributed by atoms with van der Waals surface area (Å²) in [7, 11) is 0. The van der Waals surface area contributed by atoms with E-state index in [1.54, 1.807) is 0 Å². The van der Waals surface area contributed by atoms with Crippen LogP contribution in [0, 0.1) is 0 Å². The summed E-state index contributed by atoms with van der Waals surface area (Å²) in [5, 5.41) is -0.139. The number of thiol groups is 1.